The number of benzene rings is 2. The van der Waals surface area contributed by atoms with Crippen LogP contribution in [0, 0.1) is 5.92 Å². The van der Waals surface area contributed by atoms with Crippen LogP contribution in [0.5, 0.6) is 0 Å². The molecule has 1 unspecified atom stereocenters. The molecular formula is C22H24N2O4. The molecule has 1 aliphatic rings. The van der Waals surface area contributed by atoms with Gasteiger partial charge in [0.05, 0.1) is 17.9 Å². The number of nitrogens with zero attached hydrogens (tertiary/aromatic N) is 1. The van der Waals surface area contributed by atoms with Gasteiger partial charge in [-0.25, -0.2) is 4.79 Å². The minimum absolute atomic E-state index is 0.0490. The second-order valence-corrected chi connectivity index (χ2v) is 7.06. The van der Waals surface area contributed by atoms with Crippen molar-refractivity contribution in [3.63, 3.8) is 0 Å². The molecule has 2 N–H and O–H groups in total. The lowest BCUT2D eigenvalue weighted by atomic mass is 9.96. The van der Waals surface area contributed by atoms with E-state index in [1.165, 1.54) is 12.1 Å². The first-order chi connectivity index (χ1) is 13.5. The fourth-order valence-corrected chi connectivity index (χ4v) is 3.40. The van der Waals surface area contributed by atoms with Crippen LogP contribution >= 0.6 is 0 Å². The van der Waals surface area contributed by atoms with Crippen LogP contribution < -0.4 is 5.32 Å². The molecule has 6 heteroatoms. The summed E-state index contributed by atoms with van der Waals surface area (Å²) in [7, 11) is 0. The van der Waals surface area contributed by atoms with Crippen molar-refractivity contribution in [1.29, 1.82) is 0 Å². The number of rotatable bonds is 6. The van der Waals surface area contributed by atoms with E-state index in [2.05, 4.69) is 5.32 Å². The number of nitrogens with one attached hydrogen (secondary N) is 1. The number of piperidine rings is 1. The molecule has 1 atom stereocenters. The topological polar surface area (TPSA) is 86.7 Å². The van der Waals surface area contributed by atoms with Crippen LogP contribution in [0.15, 0.2) is 54.6 Å². The molecule has 6 nitrogen and oxygen atoms in total. The molecule has 2 aromatic carbocycles. The molecule has 0 saturated carbocycles. The van der Waals surface area contributed by atoms with Gasteiger partial charge in [0.2, 0.25) is 11.8 Å². The van der Waals surface area contributed by atoms with Gasteiger partial charge in [-0.2, -0.15) is 0 Å². The van der Waals surface area contributed by atoms with Gasteiger partial charge in [-0.15, -0.1) is 0 Å². The standard InChI is InChI=1S/C22H24N2O4/c25-20(13-16-5-2-1-3-6-16)24-12-4-7-19(15-24)21(26)23-14-17-8-10-18(11-9-17)22(27)28/h1-3,5-6,8-11,19H,4,7,12-15H2,(H,23,26)(H,27,28). The predicted molar refractivity (Wildman–Crippen MR) is 105 cm³/mol. The molecule has 2 aromatic rings. The highest BCUT2D eigenvalue weighted by Gasteiger charge is 2.28. The Morgan fingerprint density at radius 2 is 1.71 bits per heavy atom. The van der Waals surface area contributed by atoms with Crippen molar-refractivity contribution in [2.45, 2.75) is 25.8 Å². The molecule has 1 fully saturated rings. The van der Waals surface area contributed by atoms with Gasteiger partial charge in [0, 0.05) is 19.6 Å². The highest BCUT2D eigenvalue weighted by molar-refractivity contribution is 5.87. The van der Waals surface area contributed by atoms with E-state index in [0.717, 1.165) is 24.0 Å². The largest absolute Gasteiger partial charge is 0.478 e. The molecule has 2 amide bonds. The maximum absolute atomic E-state index is 12.5. The number of carbonyl (C=O) groups is 3. The van der Waals surface area contributed by atoms with Crippen molar-refractivity contribution < 1.29 is 19.5 Å². The highest BCUT2D eigenvalue weighted by atomic mass is 16.4. The summed E-state index contributed by atoms with van der Waals surface area (Å²) in [5, 5.41) is 11.8. The third-order valence-electron chi connectivity index (χ3n) is 5.01. The summed E-state index contributed by atoms with van der Waals surface area (Å²) in [5.74, 6) is -1.21. The van der Waals surface area contributed by atoms with E-state index in [0.29, 0.717) is 26.1 Å². The van der Waals surface area contributed by atoms with Crippen LogP contribution in [0.3, 0.4) is 0 Å². The molecule has 146 valence electrons. The summed E-state index contributed by atoms with van der Waals surface area (Å²) in [4.78, 5) is 37.7. The van der Waals surface area contributed by atoms with E-state index in [1.807, 2.05) is 30.3 Å². The molecule has 0 bridgehead atoms. The minimum Gasteiger partial charge on any atom is -0.478 e. The number of carboxylic acids is 1. The zero-order chi connectivity index (χ0) is 19.9. The third kappa shape index (κ3) is 5.19. The number of amides is 2. The first-order valence-electron chi connectivity index (χ1n) is 9.44. The highest BCUT2D eigenvalue weighted by Crippen LogP contribution is 2.18. The Labute approximate surface area is 164 Å². The van der Waals surface area contributed by atoms with Crippen molar-refractivity contribution in [1.82, 2.24) is 10.2 Å². The van der Waals surface area contributed by atoms with Gasteiger partial charge in [0.1, 0.15) is 0 Å². The lowest BCUT2D eigenvalue weighted by Crippen LogP contribution is -2.45. The number of hydrogen-bond acceptors (Lipinski definition) is 3. The zero-order valence-corrected chi connectivity index (χ0v) is 15.6. The normalized spacial score (nSPS) is 16.4. The van der Waals surface area contributed by atoms with Crippen LogP contribution in [0.25, 0.3) is 0 Å². The second kappa shape index (κ2) is 9.17. The SMILES string of the molecule is O=C(O)c1ccc(CNC(=O)C2CCCN(C(=O)Cc3ccccc3)C2)cc1. The number of likely N-dealkylation sites (tertiary alicyclic amines) is 1. The maximum atomic E-state index is 12.5. The smallest absolute Gasteiger partial charge is 0.335 e. The van der Waals surface area contributed by atoms with Gasteiger partial charge in [-0.05, 0) is 36.1 Å². The summed E-state index contributed by atoms with van der Waals surface area (Å²) in [6.07, 6.45) is 1.93. The molecular weight excluding hydrogens is 356 g/mol. The van der Waals surface area contributed by atoms with E-state index in [4.69, 9.17) is 5.11 Å². The molecule has 0 aromatic heterocycles. The third-order valence-corrected chi connectivity index (χ3v) is 5.01. The van der Waals surface area contributed by atoms with E-state index in [9.17, 15) is 14.4 Å². The fraction of sp³-hybridized carbons (Fsp3) is 0.318. The van der Waals surface area contributed by atoms with Gasteiger partial charge in [-0.3, -0.25) is 9.59 Å². The van der Waals surface area contributed by atoms with E-state index in [1.54, 1.807) is 17.0 Å². The summed E-state index contributed by atoms with van der Waals surface area (Å²) >= 11 is 0. The molecule has 0 spiro atoms. The van der Waals surface area contributed by atoms with Gasteiger partial charge in [0.25, 0.3) is 0 Å². The van der Waals surface area contributed by atoms with Crippen LogP contribution in [0.2, 0.25) is 0 Å². The Morgan fingerprint density at radius 1 is 1.00 bits per heavy atom. The van der Waals surface area contributed by atoms with Crippen molar-refractivity contribution >= 4 is 17.8 Å². The monoisotopic (exact) mass is 380 g/mol. The average Bonchev–Trinajstić information content (AvgIpc) is 2.73. The minimum atomic E-state index is -0.974. The zero-order valence-electron chi connectivity index (χ0n) is 15.6. The van der Waals surface area contributed by atoms with Crippen molar-refractivity contribution in [2.75, 3.05) is 13.1 Å². The van der Waals surface area contributed by atoms with Gasteiger partial charge < -0.3 is 15.3 Å². The molecule has 1 heterocycles. The molecule has 3 rings (SSSR count). The lowest BCUT2D eigenvalue weighted by molar-refractivity contribution is -0.135. The van der Waals surface area contributed by atoms with Crippen LogP contribution in [0.1, 0.15) is 34.3 Å². The molecule has 1 saturated heterocycles. The fourth-order valence-electron chi connectivity index (χ4n) is 3.40. The quantitative estimate of drug-likeness (QED) is 0.806. The Balaban J connectivity index is 1.51. The number of carboxylic acid groups (broad SMARTS) is 1. The summed E-state index contributed by atoms with van der Waals surface area (Å²) in [6.45, 7) is 1.47. The lowest BCUT2D eigenvalue weighted by Gasteiger charge is -2.32. The van der Waals surface area contributed by atoms with Gasteiger partial charge in [0.15, 0.2) is 0 Å². The van der Waals surface area contributed by atoms with Crippen molar-refractivity contribution in [3.05, 3.63) is 71.3 Å². The molecule has 28 heavy (non-hydrogen) atoms. The van der Waals surface area contributed by atoms with Crippen LogP contribution in [0.4, 0.5) is 0 Å². The Kier molecular flexibility index (Phi) is 6.42. The predicted octanol–water partition coefficient (Wildman–Crippen LogP) is 2.48. The van der Waals surface area contributed by atoms with Crippen molar-refractivity contribution in [2.24, 2.45) is 5.92 Å². The Bertz CT molecular complexity index is 833. The van der Waals surface area contributed by atoms with Crippen molar-refractivity contribution in [3.8, 4) is 0 Å². The first kappa shape index (κ1) is 19.6. The Hall–Kier alpha value is -3.15. The summed E-state index contributed by atoms with van der Waals surface area (Å²) in [5.41, 5.74) is 2.03. The number of hydrogen-bond donors (Lipinski definition) is 2. The van der Waals surface area contributed by atoms with E-state index < -0.39 is 5.97 Å². The number of aromatic carboxylic acids is 1. The van der Waals surface area contributed by atoms with Gasteiger partial charge in [-0.1, -0.05) is 42.5 Å². The summed E-state index contributed by atoms with van der Waals surface area (Å²) < 4.78 is 0. The molecule has 0 radical (unpaired) electrons. The maximum Gasteiger partial charge on any atom is 0.335 e. The Morgan fingerprint density at radius 3 is 2.39 bits per heavy atom. The van der Waals surface area contributed by atoms with E-state index in [-0.39, 0.29) is 23.3 Å². The first-order valence-corrected chi connectivity index (χ1v) is 9.44. The van der Waals surface area contributed by atoms with Gasteiger partial charge >= 0.3 is 5.97 Å². The molecule has 0 aliphatic carbocycles. The average molecular weight is 380 g/mol. The second-order valence-electron chi connectivity index (χ2n) is 7.06. The van der Waals surface area contributed by atoms with E-state index >= 15 is 0 Å². The summed E-state index contributed by atoms with van der Waals surface area (Å²) in [6, 6.07) is 16.0. The van der Waals surface area contributed by atoms with Crippen LogP contribution in [-0.2, 0) is 22.6 Å². The van der Waals surface area contributed by atoms with Crippen LogP contribution in [-0.4, -0.2) is 40.9 Å². The number of carbonyl (C=O) groups excluding carboxylic acids is 2. The molecule has 1 aliphatic heterocycles.